The molecule has 0 amide bonds. The Hall–Kier alpha value is -0.820. The molecular weight excluding hydrogens is 324 g/mol. The van der Waals surface area contributed by atoms with E-state index in [1.54, 1.807) is 14.2 Å². The third-order valence-corrected chi connectivity index (χ3v) is 4.45. The van der Waals surface area contributed by atoms with Crippen molar-refractivity contribution >= 4 is 15.9 Å². The lowest BCUT2D eigenvalue weighted by atomic mass is 9.88. The van der Waals surface area contributed by atoms with E-state index in [0.717, 1.165) is 41.0 Å². The predicted octanol–water partition coefficient (Wildman–Crippen LogP) is 2.40. The third-order valence-electron chi connectivity index (χ3n) is 3.70. The van der Waals surface area contributed by atoms with E-state index >= 15 is 0 Å². The Morgan fingerprint density at radius 3 is 2.75 bits per heavy atom. The van der Waals surface area contributed by atoms with Gasteiger partial charge in [-0.05, 0) is 40.9 Å². The minimum absolute atomic E-state index is 0.00699. The zero-order valence-corrected chi connectivity index (χ0v) is 13.4. The number of nitrogens with one attached hydrogen (secondary N) is 1. The summed E-state index contributed by atoms with van der Waals surface area (Å²) in [5.74, 6) is 7.59. The second kappa shape index (κ2) is 7.26. The van der Waals surface area contributed by atoms with Crippen LogP contribution in [-0.4, -0.2) is 27.4 Å². The van der Waals surface area contributed by atoms with E-state index in [2.05, 4.69) is 21.4 Å². The molecule has 2 atom stereocenters. The normalized spacial score (nSPS) is 20.5. The van der Waals surface area contributed by atoms with Crippen LogP contribution in [0.4, 0.5) is 0 Å². The molecule has 5 nitrogen and oxygen atoms in total. The Balaban J connectivity index is 2.35. The first-order valence-electron chi connectivity index (χ1n) is 6.67. The number of ether oxygens (including phenoxy) is 3. The topological polar surface area (TPSA) is 65.7 Å². The van der Waals surface area contributed by atoms with Crippen LogP contribution in [0.2, 0.25) is 0 Å². The van der Waals surface area contributed by atoms with Crippen molar-refractivity contribution in [2.24, 2.45) is 11.8 Å². The maximum Gasteiger partial charge on any atom is 0.141 e. The van der Waals surface area contributed by atoms with Gasteiger partial charge in [-0.15, -0.1) is 0 Å². The highest BCUT2D eigenvalue weighted by Gasteiger charge is 2.28. The molecule has 1 aromatic rings. The summed E-state index contributed by atoms with van der Waals surface area (Å²) in [6.45, 7) is 1.54. The lowest BCUT2D eigenvalue weighted by Gasteiger charge is -2.31. The number of halogens is 1. The van der Waals surface area contributed by atoms with Gasteiger partial charge in [0.15, 0.2) is 0 Å². The van der Waals surface area contributed by atoms with Gasteiger partial charge in [-0.3, -0.25) is 11.3 Å². The van der Waals surface area contributed by atoms with E-state index in [9.17, 15) is 0 Å². The van der Waals surface area contributed by atoms with Crippen LogP contribution in [0.25, 0.3) is 0 Å². The SMILES string of the molecule is COc1ccc(C(NN)C2CCCOC2)c(OC)c1Br. The number of benzene rings is 1. The van der Waals surface area contributed by atoms with Crippen LogP contribution in [0.1, 0.15) is 24.4 Å². The van der Waals surface area contributed by atoms with Crippen molar-refractivity contribution in [1.82, 2.24) is 5.43 Å². The van der Waals surface area contributed by atoms with E-state index in [4.69, 9.17) is 20.1 Å². The molecule has 6 heteroatoms. The van der Waals surface area contributed by atoms with Gasteiger partial charge in [-0.25, -0.2) is 0 Å². The number of rotatable bonds is 5. The largest absolute Gasteiger partial charge is 0.495 e. The second-order valence-electron chi connectivity index (χ2n) is 4.83. The first-order chi connectivity index (χ1) is 9.72. The molecule has 0 saturated carbocycles. The summed E-state index contributed by atoms with van der Waals surface area (Å²) in [5, 5.41) is 0. The summed E-state index contributed by atoms with van der Waals surface area (Å²) < 4.78 is 17.2. The monoisotopic (exact) mass is 344 g/mol. The molecule has 0 radical (unpaired) electrons. The van der Waals surface area contributed by atoms with E-state index in [0.29, 0.717) is 12.5 Å². The van der Waals surface area contributed by atoms with Gasteiger partial charge in [0.2, 0.25) is 0 Å². The minimum Gasteiger partial charge on any atom is -0.495 e. The van der Waals surface area contributed by atoms with Crippen LogP contribution >= 0.6 is 15.9 Å². The van der Waals surface area contributed by atoms with E-state index in [1.807, 2.05) is 12.1 Å². The van der Waals surface area contributed by atoms with Gasteiger partial charge in [-0.2, -0.15) is 0 Å². The van der Waals surface area contributed by atoms with E-state index in [1.165, 1.54) is 0 Å². The van der Waals surface area contributed by atoms with Gasteiger partial charge >= 0.3 is 0 Å². The molecule has 1 fully saturated rings. The van der Waals surface area contributed by atoms with Crippen LogP contribution in [0.3, 0.4) is 0 Å². The molecule has 1 saturated heterocycles. The fourth-order valence-electron chi connectivity index (χ4n) is 2.67. The fourth-order valence-corrected chi connectivity index (χ4v) is 3.36. The number of hydrazine groups is 1. The van der Waals surface area contributed by atoms with Crippen LogP contribution in [0.5, 0.6) is 11.5 Å². The lowest BCUT2D eigenvalue weighted by Crippen LogP contribution is -2.37. The van der Waals surface area contributed by atoms with Crippen LogP contribution in [0, 0.1) is 5.92 Å². The molecule has 0 aliphatic carbocycles. The molecule has 2 unspecified atom stereocenters. The number of hydrogen-bond acceptors (Lipinski definition) is 5. The summed E-state index contributed by atoms with van der Waals surface area (Å²) in [6.07, 6.45) is 2.14. The van der Waals surface area contributed by atoms with Crippen molar-refractivity contribution in [1.29, 1.82) is 0 Å². The van der Waals surface area contributed by atoms with Crippen molar-refractivity contribution in [2.75, 3.05) is 27.4 Å². The molecule has 0 aromatic heterocycles. The van der Waals surface area contributed by atoms with Gasteiger partial charge in [-0.1, -0.05) is 0 Å². The zero-order chi connectivity index (χ0) is 14.5. The fraction of sp³-hybridized carbons (Fsp3) is 0.571. The highest BCUT2D eigenvalue weighted by atomic mass is 79.9. The predicted molar refractivity (Wildman–Crippen MR) is 80.9 cm³/mol. The summed E-state index contributed by atoms with van der Waals surface area (Å²) in [4.78, 5) is 0. The molecule has 1 aliphatic heterocycles. The van der Waals surface area contributed by atoms with Crippen molar-refractivity contribution < 1.29 is 14.2 Å². The van der Waals surface area contributed by atoms with Gasteiger partial charge in [0.05, 0.1) is 26.9 Å². The van der Waals surface area contributed by atoms with Crippen LogP contribution in [-0.2, 0) is 4.74 Å². The maximum absolute atomic E-state index is 5.77. The molecular formula is C14H21BrN2O3. The average Bonchev–Trinajstić information content (AvgIpc) is 2.49. The first-order valence-corrected chi connectivity index (χ1v) is 7.46. The Labute approximate surface area is 127 Å². The third kappa shape index (κ3) is 3.09. The van der Waals surface area contributed by atoms with Crippen molar-refractivity contribution in [3.8, 4) is 11.5 Å². The van der Waals surface area contributed by atoms with Crippen LogP contribution in [0.15, 0.2) is 16.6 Å². The zero-order valence-electron chi connectivity index (χ0n) is 11.8. The van der Waals surface area contributed by atoms with Crippen molar-refractivity contribution in [2.45, 2.75) is 18.9 Å². The Bertz CT molecular complexity index is 450. The highest BCUT2D eigenvalue weighted by molar-refractivity contribution is 9.10. The van der Waals surface area contributed by atoms with Crippen molar-refractivity contribution in [3.63, 3.8) is 0 Å². The van der Waals surface area contributed by atoms with Crippen molar-refractivity contribution in [3.05, 3.63) is 22.2 Å². The molecule has 1 aliphatic rings. The Morgan fingerprint density at radius 2 is 2.20 bits per heavy atom. The van der Waals surface area contributed by atoms with E-state index < -0.39 is 0 Å². The molecule has 0 bridgehead atoms. The van der Waals surface area contributed by atoms with E-state index in [-0.39, 0.29) is 6.04 Å². The smallest absolute Gasteiger partial charge is 0.141 e. The molecule has 0 spiro atoms. The Kier molecular flexibility index (Phi) is 5.65. The molecule has 1 heterocycles. The molecule has 3 N–H and O–H groups in total. The van der Waals surface area contributed by atoms with Gasteiger partial charge in [0.25, 0.3) is 0 Å². The number of hydrogen-bond donors (Lipinski definition) is 2. The first kappa shape index (κ1) is 15.6. The number of nitrogens with two attached hydrogens (primary N) is 1. The summed E-state index contributed by atoms with van der Waals surface area (Å²) in [5.41, 5.74) is 3.92. The summed E-state index contributed by atoms with van der Waals surface area (Å²) >= 11 is 3.52. The highest BCUT2D eigenvalue weighted by Crippen LogP contribution is 2.42. The maximum atomic E-state index is 5.77. The second-order valence-corrected chi connectivity index (χ2v) is 5.62. The summed E-state index contributed by atoms with van der Waals surface area (Å²) in [6, 6.07) is 3.89. The van der Waals surface area contributed by atoms with Crippen LogP contribution < -0.4 is 20.7 Å². The van der Waals surface area contributed by atoms with Gasteiger partial charge < -0.3 is 14.2 Å². The molecule has 2 rings (SSSR count). The van der Waals surface area contributed by atoms with Gasteiger partial charge in [0.1, 0.15) is 16.0 Å². The van der Waals surface area contributed by atoms with Gasteiger partial charge in [0, 0.05) is 18.1 Å². The average molecular weight is 345 g/mol. The standard InChI is InChI=1S/C14H21BrN2O3/c1-18-11-6-5-10(14(19-2)12(11)15)13(17-16)9-4-3-7-20-8-9/h5-6,9,13,17H,3-4,7-8,16H2,1-2H3. The molecule has 20 heavy (non-hydrogen) atoms. The lowest BCUT2D eigenvalue weighted by molar-refractivity contribution is 0.0386. The Morgan fingerprint density at radius 1 is 1.40 bits per heavy atom. The minimum atomic E-state index is -0.00699. The molecule has 1 aromatic carbocycles. The summed E-state index contributed by atoms with van der Waals surface area (Å²) in [7, 11) is 3.28. The number of methoxy groups -OCH3 is 2. The molecule has 112 valence electrons. The quantitative estimate of drug-likeness (QED) is 0.634.